The first-order chi connectivity index (χ1) is 60.6. The van der Waals surface area contributed by atoms with Gasteiger partial charge in [-0.05, 0) is 102 Å². The van der Waals surface area contributed by atoms with E-state index in [1.807, 2.05) is 0 Å². The quantitative estimate of drug-likeness (QED) is 0.0121. The maximum atomic E-state index is 13.1. The van der Waals surface area contributed by atoms with Gasteiger partial charge in [0.1, 0.15) is 129 Å². The zero-order chi connectivity index (χ0) is 98.7. The third-order valence-corrected chi connectivity index (χ3v) is 25.2. The van der Waals surface area contributed by atoms with Gasteiger partial charge in [0.25, 0.3) is 56.2 Å². The molecule has 0 amide bonds. The Labute approximate surface area is 765 Å². The van der Waals surface area contributed by atoms with Gasteiger partial charge in [0.2, 0.25) is 0 Å². The summed E-state index contributed by atoms with van der Waals surface area (Å²) in [5, 5.41) is 109. The number of aliphatic hydroxyl groups excluding tert-OH is 7. The molecule has 5 aliphatic rings. The Bertz CT molecular complexity index is 5760. The SMILES string of the molecule is C.C.C.C.CC(OC(=O)OC1C(OP(=O)([O-])[O-])C(O)C(O)C(OP(=O)([O-])O)C1OP(=O)([O-])O)c1cc2c(cc1[N+](=O)[O-])Cc1ccccc1-2.CC(OC(=O)OC1C(OP(=O)([O-])[O-])C(O)C(O)C(OP(=O)([O-])O)C1OP(=O)([O-])O)c1cc2c(cc1[N+](=O)[O-])Cc1ccccc1-2.CC(OP(=O)(O)OC1C(O)C(OP(C)(=O)[O-])C(O)C(O)C1OP(=O)([O-])O)c1cc2c(cc1[N+](=O)[O-])oc1ccccc12. The summed E-state index contributed by atoms with van der Waals surface area (Å²) in [4.78, 5) is 230. The second-order valence-electron chi connectivity index (χ2n) is 29.1. The molecule has 5 aliphatic carbocycles. The van der Waals surface area contributed by atoms with Gasteiger partial charge < -0.3 is 187 Å². The van der Waals surface area contributed by atoms with E-state index in [1.165, 1.54) is 30.3 Å². The number of fused-ring (bicyclic) bond motifs is 9. The second-order valence-corrected chi connectivity index (χ2v) is 40.1. The molecule has 0 aliphatic heterocycles. The number of carbonyl (C=O) groups excluding carboxylic acids is 2. The number of phosphoric acid groups is 8. The number of phosphoric ester groups is 8. The average Bonchev–Trinajstić information content (AvgIpc) is 1.07. The fourth-order valence-corrected chi connectivity index (χ4v) is 20.5. The molecular formula is C69H84N3O55P9-10. The lowest BCUT2D eigenvalue weighted by atomic mass is 9.85. The highest BCUT2D eigenvalue weighted by atomic mass is 31.2. The van der Waals surface area contributed by atoms with Gasteiger partial charge in [-0.15, -0.1) is 0 Å². The molecule has 0 bridgehead atoms. The molecule has 3 fully saturated rings. The van der Waals surface area contributed by atoms with Crippen molar-refractivity contribution >= 4 is 121 Å². The fourth-order valence-electron chi connectivity index (χ4n) is 14.9. The molecular weight excluding hydrogens is 2030 g/mol. The molecule has 3 saturated carbocycles. The summed E-state index contributed by atoms with van der Waals surface area (Å²) in [7, 11) is -52.5. The number of carbonyl (C=O) groups is 2. The van der Waals surface area contributed by atoms with E-state index in [2.05, 4.69) is 36.2 Å². The number of ether oxygens (including phenoxy) is 4. The van der Waals surface area contributed by atoms with E-state index in [-0.39, 0.29) is 52.0 Å². The highest BCUT2D eigenvalue weighted by Crippen LogP contribution is 2.56. The normalized spacial score (nSPS) is 27.6. The summed E-state index contributed by atoms with van der Waals surface area (Å²) in [6.07, 6.45) is -55.5. The minimum atomic E-state index is -6.20. The van der Waals surface area contributed by atoms with Crippen molar-refractivity contribution in [1.29, 1.82) is 0 Å². The zero-order valence-corrected chi connectivity index (χ0v) is 74.3. The van der Waals surface area contributed by atoms with Crippen LogP contribution in [0.15, 0.2) is 114 Å². The summed E-state index contributed by atoms with van der Waals surface area (Å²) in [5.41, 5.74) is 3.90. The number of hydrogen-bond acceptors (Lipinski definition) is 49. The van der Waals surface area contributed by atoms with Gasteiger partial charge in [0.05, 0.1) is 59.3 Å². The van der Waals surface area contributed by atoms with Gasteiger partial charge >= 0.3 is 20.1 Å². The van der Waals surface area contributed by atoms with Crippen LogP contribution in [0.2, 0.25) is 0 Å². The van der Waals surface area contributed by atoms with Crippen LogP contribution in [-0.2, 0) is 118 Å². The Morgan fingerprint density at radius 3 is 1.01 bits per heavy atom. The molecule has 760 valence electrons. The predicted octanol–water partition coefficient (Wildman–Crippen LogP) is -0.108. The van der Waals surface area contributed by atoms with Crippen LogP contribution >= 0.6 is 70.2 Å². The molecule has 67 heteroatoms. The van der Waals surface area contributed by atoms with Crippen LogP contribution in [0.4, 0.5) is 26.7 Å². The molecule has 28 atom stereocenters. The van der Waals surface area contributed by atoms with Crippen molar-refractivity contribution in [2.24, 2.45) is 0 Å². The molecule has 58 nitrogen and oxygen atoms in total. The number of rotatable bonds is 30. The minimum absolute atomic E-state index is 0. The van der Waals surface area contributed by atoms with E-state index in [1.54, 1.807) is 72.8 Å². The van der Waals surface area contributed by atoms with Gasteiger partial charge in [-0.2, -0.15) is 0 Å². The van der Waals surface area contributed by atoms with E-state index >= 15 is 0 Å². The van der Waals surface area contributed by atoms with E-state index < -0.39 is 243 Å². The lowest BCUT2D eigenvalue weighted by Crippen LogP contribution is -2.66. The van der Waals surface area contributed by atoms with Crippen molar-refractivity contribution in [3.8, 4) is 22.3 Å². The smallest absolute Gasteiger partial charge is 0.509 e. The number of nitrogens with zero attached hydrogens (tertiary/aromatic N) is 3. The summed E-state index contributed by atoms with van der Waals surface area (Å²) in [6.45, 7) is 3.95. The van der Waals surface area contributed by atoms with Crippen LogP contribution in [0.3, 0.4) is 0 Å². The molecule has 1 heterocycles. The summed E-state index contributed by atoms with van der Waals surface area (Å²) in [5.74, 6) is 0. The average molecular weight is 2110 g/mol. The molecule has 28 unspecified atom stereocenters. The van der Waals surface area contributed by atoms with E-state index in [0.717, 1.165) is 49.1 Å². The Balaban J connectivity index is 0.000000309. The number of hydrogen-bond donors (Lipinski definition) is 13. The molecule has 0 saturated heterocycles. The van der Waals surface area contributed by atoms with Crippen LogP contribution in [-0.4, -0.2) is 209 Å². The fraction of sp³-hybridized carbons (Fsp3) is 0.449. The van der Waals surface area contributed by atoms with E-state index in [9.17, 15) is 180 Å². The highest BCUT2D eigenvalue weighted by Gasteiger charge is 2.60. The predicted molar refractivity (Wildman–Crippen MR) is 433 cm³/mol. The number of benzene rings is 6. The maximum Gasteiger partial charge on any atom is 0.509 e. The van der Waals surface area contributed by atoms with Crippen LogP contribution < -0.4 is 48.9 Å². The Kier molecular flexibility index (Phi) is 38.7. The van der Waals surface area contributed by atoms with Crippen LogP contribution in [0, 0.1) is 30.3 Å². The standard InChI is InChI=1S/2C22H26NO19P3.C21H26NO17P3.4CH4/c2*1-9(13-8-14-11(7-15(13)23(27)28)6-10-4-2-3-5-12(10)14)38-22(26)39-20-18(40-43(29,30)31)16(24)17(25)19(41-44(32,33)34)21(20)42-45(35,36)37;1-9(11-7-12-10-5-3-4-6-14(10)35-15(12)8-13(11)22(26)27)36-42(33,34)39-21-18(25)19(37-40(2,28)29)16(23)17(24)20(21)38-41(30,31)32;;;;/h2*2-5,7-9,16-21,24-25H,6H2,1H3,(H2,29,30,31)(H2,32,33,34)(H2,35,36,37);3-9,16-21,23-25H,1-2H3,(H,28,29)(H,33,34)(H2,30,31,32);4*1H4/p-10. The van der Waals surface area contributed by atoms with Gasteiger partial charge in [0.15, 0.2) is 12.2 Å². The van der Waals surface area contributed by atoms with Crippen molar-refractivity contribution in [3.63, 3.8) is 0 Å². The number of aliphatic hydroxyl groups is 7. The number of nitro benzene ring substituents is 3. The molecule has 1 aromatic heterocycles. The zero-order valence-electron chi connectivity index (χ0n) is 66.3. The Morgan fingerprint density at radius 2 is 0.662 bits per heavy atom. The molecule has 13 N–H and O–H groups in total. The monoisotopic (exact) mass is 2110 g/mol. The lowest BCUT2D eigenvalue weighted by Gasteiger charge is -2.49. The molecule has 0 radical (unpaired) electrons. The number of furan rings is 1. The van der Waals surface area contributed by atoms with Crippen LogP contribution in [0.5, 0.6) is 0 Å². The van der Waals surface area contributed by atoms with E-state index in [0.29, 0.717) is 58.1 Å². The first kappa shape index (κ1) is 117. The van der Waals surface area contributed by atoms with Gasteiger partial charge in [-0.3, -0.25) is 62.2 Å². The largest absolute Gasteiger partial charge is 0.790 e. The van der Waals surface area contributed by atoms with Crippen molar-refractivity contribution in [2.45, 2.75) is 192 Å². The third-order valence-electron chi connectivity index (χ3n) is 20.0. The first-order valence-electron chi connectivity index (χ1n) is 36.7. The lowest BCUT2D eigenvalue weighted by molar-refractivity contribution is -0.386. The number of para-hydroxylation sites is 1. The van der Waals surface area contributed by atoms with Gasteiger partial charge in [0, 0.05) is 29.6 Å². The van der Waals surface area contributed by atoms with Crippen LogP contribution in [0.25, 0.3) is 44.2 Å². The molecule has 136 heavy (non-hydrogen) atoms. The Hall–Kier alpha value is -7.39. The van der Waals surface area contributed by atoms with Crippen molar-refractivity contribution < 1.29 is 248 Å². The second kappa shape index (κ2) is 44.8. The number of nitro groups is 3. The maximum absolute atomic E-state index is 13.1. The van der Waals surface area contributed by atoms with Crippen molar-refractivity contribution in [2.75, 3.05) is 6.66 Å². The molecule has 0 spiro atoms. The van der Waals surface area contributed by atoms with Gasteiger partial charge in [-0.1, -0.05) is 96.4 Å². The van der Waals surface area contributed by atoms with Crippen molar-refractivity contribution in [3.05, 3.63) is 178 Å². The van der Waals surface area contributed by atoms with Gasteiger partial charge in [-0.25, -0.2) is 14.2 Å². The molecule has 6 aromatic carbocycles. The molecule has 12 rings (SSSR count). The third kappa shape index (κ3) is 29.6. The first-order valence-corrected chi connectivity index (χ1v) is 50.5. The molecule has 7 aromatic rings. The summed E-state index contributed by atoms with van der Waals surface area (Å²) >= 11 is 0. The summed E-state index contributed by atoms with van der Waals surface area (Å²) < 4.78 is 174. The summed E-state index contributed by atoms with van der Waals surface area (Å²) in [6, 6.07) is 28.4. The van der Waals surface area contributed by atoms with Crippen molar-refractivity contribution in [1.82, 2.24) is 0 Å². The Morgan fingerprint density at radius 1 is 0.353 bits per heavy atom. The van der Waals surface area contributed by atoms with E-state index in [4.69, 9.17) is 47.1 Å². The topological polar surface area (TPSA) is 953 Å². The highest BCUT2D eigenvalue weighted by molar-refractivity contribution is 7.50. The van der Waals surface area contributed by atoms with Crippen LogP contribution in [0.1, 0.15) is 108 Å². The minimum Gasteiger partial charge on any atom is -0.790 e.